The first-order valence-corrected chi connectivity index (χ1v) is 21.2. The molecule has 0 aliphatic rings. The Kier molecular flexibility index (Phi) is 20.4. The van der Waals surface area contributed by atoms with Crippen molar-refractivity contribution in [2.24, 2.45) is 17.2 Å². The first-order chi connectivity index (χ1) is 31.9. The number of aliphatic hydroxyl groups is 2. The van der Waals surface area contributed by atoms with Gasteiger partial charge in [-0.25, -0.2) is 4.79 Å². The Bertz CT molecular complexity index is 2320. The summed E-state index contributed by atoms with van der Waals surface area (Å²) < 4.78 is 0. The van der Waals surface area contributed by atoms with Crippen LogP contribution in [0.4, 0.5) is 0 Å². The van der Waals surface area contributed by atoms with Gasteiger partial charge in [0.05, 0.1) is 24.7 Å². The molecule has 68 heavy (non-hydrogen) atoms. The zero-order valence-corrected chi connectivity index (χ0v) is 37.6. The van der Waals surface area contributed by atoms with E-state index in [0.717, 1.165) is 30.3 Å². The lowest BCUT2D eigenvalue weighted by molar-refractivity contribution is -0.146. The van der Waals surface area contributed by atoms with Crippen molar-refractivity contribution in [3.63, 3.8) is 0 Å². The number of carbonyl (C=O) groups is 10. The summed E-state index contributed by atoms with van der Waals surface area (Å²) in [7, 11) is 0. The van der Waals surface area contributed by atoms with E-state index >= 15 is 0 Å². The molecule has 10 atom stereocenters. The third-order valence-corrected chi connectivity index (χ3v) is 10.4. The number of amides is 9. The van der Waals surface area contributed by atoms with Crippen LogP contribution >= 0.6 is 0 Å². The van der Waals surface area contributed by atoms with Crippen LogP contribution in [0.2, 0.25) is 0 Å². The number of hydrogen-bond acceptors (Lipinski definition) is 14. The number of fused-ring (bicyclic) bond motifs is 1. The Morgan fingerprint density at radius 2 is 1.10 bits per heavy atom. The maximum absolute atomic E-state index is 13.9. The molecule has 3 aromatic rings. The number of carbonyl (C=O) groups excluding carboxylic acids is 9. The molecule has 0 unspecified atom stereocenters. The highest BCUT2D eigenvalue weighted by Crippen LogP contribution is 2.19. The van der Waals surface area contributed by atoms with Crippen molar-refractivity contribution in [3.05, 3.63) is 65.9 Å². The van der Waals surface area contributed by atoms with Crippen LogP contribution in [-0.4, -0.2) is 145 Å². The Morgan fingerprint density at radius 1 is 0.588 bits per heavy atom. The molecule has 9 amide bonds. The molecule has 370 valence electrons. The van der Waals surface area contributed by atoms with Gasteiger partial charge in [-0.2, -0.15) is 0 Å². The van der Waals surface area contributed by atoms with Crippen LogP contribution in [0, 0.1) is 0 Å². The fourth-order valence-electron chi connectivity index (χ4n) is 6.60. The standard InChI is InChI=1S/C43H59N11O14/c1-19(48-38(62)27(44)16-24-18-47-28-8-6-5-7-26(24)28)36(60)50-29(13-14-32(45)58)39(63)49-20(2)37(61)51-30(15-23-9-11-25(57)12-10-23)40(64)52-31(17-33(46)59)41(65)53-34(21(3)55)42(66)54-35(22(4)56)43(67)68/h5-12,18-22,27,29-31,34-35,47,55-57H,13-17,44H2,1-4H3,(H2,45,58)(H2,46,59)(H,48,62)(H,49,63)(H,50,60)(H,51,61)(H,52,64)(H,53,65)(H,54,66)(H,67,68)/t19-,20-,21+,22+,27-,29-,30-,31-,34-,35-/m0/s1. The molecule has 0 spiro atoms. The highest BCUT2D eigenvalue weighted by atomic mass is 16.4. The minimum absolute atomic E-state index is 0.128. The number of aromatic hydroxyl groups is 1. The number of carboxylic acids is 1. The molecule has 25 nitrogen and oxygen atoms in total. The number of aromatic amines is 1. The van der Waals surface area contributed by atoms with E-state index in [-0.39, 0.29) is 25.0 Å². The summed E-state index contributed by atoms with van der Waals surface area (Å²) >= 11 is 0. The molecule has 0 fully saturated rings. The Morgan fingerprint density at radius 3 is 1.66 bits per heavy atom. The Hall–Kier alpha value is -7.64. The summed E-state index contributed by atoms with van der Waals surface area (Å²) in [5.41, 5.74) is 18.8. The van der Waals surface area contributed by atoms with Crippen molar-refractivity contribution in [1.29, 1.82) is 0 Å². The molecule has 0 bridgehead atoms. The van der Waals surface area contributed by atoms with Crippen molar-refractivity contribution in [3.8, 4) is 5.75 Å². The number of H-pyrrole nitrogens is 1. The van der Waals surface area contributed by atoms with E-state index < -0.39 is 133 Å². The number of aliphatic carboxylic acids is 1. The van der Waals surface area contributed by atoms with Gasteiger partial charge in [0.15, 0.2) is 6.04 Å². The molecular formula is C43H59N11O14. The molecule has 0 saturated heterocycles. The van der Waals surface area contributed by atoms with Gasteiger partial charge in [-0.1, -0.05) is 30.3 Å². The number of primary amides is 2. The number of aromatic nitrogens is 1. The number of aliphatic hydroxyl groups excluding tert-OH is 2. The second-order valence-corrected chi connectivity index (χ2v) is 16.2. The molecule has 18 N–H and O–H groups in total. The molecule has 25 heteroatoms. The molecule has 2 aromatic carbocycles. The van der Waals surface area contributed by atoms with Crippen LogP contribution in [0.5, 0.6) is 5.75 Å². The molecule has 1 heterocycles. The monoisotopic (exact) mass is 953 g/mol. The zero-order chi connectivity index (χ0) is 51.0. The molecule has 0 aliphatic carbocycles. The lowest BCUT2D eigenvalue weighted by Gasteiger charge is -2.27. The van der Waals surface area contributed by atoms with Crippen LogP contribution in [0.1, 0.15) is 58.1 Å². The summed E-state index contributed by atoms with van der Waals surface area (Å²) in [5, 5.41) is 56.2. The molecule has 3 rings (SSSR count). The minimum atomic E-state index is -1.88. The van der Waals surface area contributed by atoms with Crippen molar-refractivity contribution < 1.29 is 68.4 Å². The smallest absolute Gasteiger partial charge is 0.328 e. The van der Waals surface area contributed by atoms with E-state index in [1.807, 2.05) is 29.6 Å². The van der Waals surface area contributed by atoms with Gasteiger partial charge in [0.25, 0.3) is 0 Å². The van der Waals surface area contributed by atoms with E-state index in [1.54, 1.807) is 6.20 Å². The van der Waals surface area contributed by atoms with Gasteiger partial charge in [0.2, 0.25) is 53.2 Å². The zero-order valence-electron chi connectivity index (χ0n) is 37.6. The first kappa shape index (κ1) is 54.7. The average molecular weight is 954 g/mol. The lowest BCUT2D eigenvalue weighted by atomic mass is 10.0. The SMILES string of the molecule is C[C@H](NC(=O)[C@H](CCC(N)=O)NC(=O)[C@H](C)NC(=O)[C@@H](N)Cc1c[nH]c2ccccc12)C(=O)N[C@@H](Cc1ccc(O)cc1)C(=O)N[C@@H](CC(N)=O)C(=O)N[C@H](C(=O)N[C@H](C(=O)O)[C@@H](C)O)[C@@H](C)O. The molecule has 0 aliphatic heterocycles. The van der Waals surface area contributed by atoms with Crippen LogP contribution in [0.25, 0.3) is 10.9 Å². The van der Waals surface area contributed by atoms with Gasteiger partial charge in [0.1, 0.15) is 42.0 Å². The van der Waals surface area contributed by atoms with E-state index in [2.05, 4.69) is 36.9 Å². The highest BCUT2D eigenvalue weighted by Gasteiger charge is 2.36. The first-order valence-electron chi connectivity index (χ1n) is 21.2. The number of para-hydroxylation sites is 1. The molecule has 0 radical (unpaired) electrons. The second kappa shape index (κ2) is 25.3. The predicted molar refractivity (Wildman–Crippen MR) is 240 cm³/mol. The Labute approximate surface area is 389 Å². The highest BCUT2D eigenvalue weighted by molar-refractivity contribution is 5.99. The summed E-state index contributed by atoms with van der Waals surface area (Å²) in [6, 6.07) is 0.258. The predicted octanol–water partition coefficient (Wildman–Crippen LogP) is -4.59. The summed E-state index contributed by atoms with van der Waals surface area (Å²) in [6.07, 6.45) is -3.39. The van der Waals surface area contributed by atoms with Crippen molar-refractivity contribution >= 4 is 70.0 Å². The topological polar surface area (TPSA) is 430 Å². The quantitative estimate of drug-likeness (QED) is 0.0360. The summed E-state index contributed by atoms with van der Waals surface area (Å²) in [5.74, 6) is -10.9. The normalized spacial score (nSPS) is 15.5. The van der Waals surface area contributed by atoms with Gasteiger partial charge in [-0.3, -0.25) is 43.2 Å². The van der Waals surface area contributed by atoms with Gasteiger partial charge >= 0.3 is 5.97 Å². The van der Waals surface area contributed by atoms with E-state index in [9.17, 15) is 68.4 Å². The van der Waals surface area contributed by atoms with Gasteiger partial charge < -0.3 is 79.8 Å². The van der Waals surface area contributed by atoms with Crippen LogP contribution in [0.15, 0.2) is 54.7 Å². The van der Waals surface area contributed by atoms with E-state index in [0.29, 0.717) is 5.56 Å². The number of hydrogen-bond donors (Lipinski definition) is 15. The number of nitrogens with two attached hydrogens (primary N) is 3. The molecule has 0 saturated carbocycles. The average Bonchev–Trinajstić information content (AvgIpc) is 3.67. The summed E-state index contributed by atoms with van der Waals surface area (Å²) in [6.45, 7) is 4.67. The van der Waals surface area contributed by atoms with E-state index in [1.165, 1.54) is 38.1 Å². The fourth-order valence-corrected chi connectivity index (χ4v) is 6.60. The maximum Gasteiger partial charge on any atom is 0.328 e. The largest absolute Gasteiger partial charge is 0.508 e. The second-order valence-electron chi connectivity index (χ2n) is 16.2. The molecular weight excluding hydrogens is 895 g/mol. The molecule has 1 aromatic heterocycles. The van der Waals surface area contributed by atoms with E-state index in [4.69, 9.17) is 17.2 Å². The number of phenolic OH excluding ortho intramolecular Hbond substituents is 1. The number of rotatable bonds is 26. The number of benzene rings is 2. The Balaban J connectivity index is 1.76. The third-order valence-electron chi connectivity index (χ3n) is 10.4. The maximum atomic E-state index is 13.9. The van der Waals surface area contributed by atoms with Crippen molar-refractivity contribution in [2.45, 2.75) is 120 Å². The van der Waals surface area contributed by atoms with Crippen molar-refractivity contribution in [1.82, 2.24) is 42.2 Å². The van der Waals surface area contributed by atoms with Crippen LogP contribution < -0.4 is 54.4 Å². The fraction of sp³-hybridized carbons (Fsp3) is 0.442. The number of phenols is 1. The summed E-state index contributed by atoms with van der Waals surface area (Å²) in [4.78, 5) is 132. The minimum Gasteiger partial charge on any atom is -0.508 e. The number of nitrogens with one attached hydrogen (secondary N) is 8. The third kappa shape index (κ3) is 16.7. The van der Waals surface area contributed by atoms with Gasteiger partial charge in [-0.05, 0) is 69.9 Å². The van der Waals surface area contributed by atoms with Crippen LogP contribution in [-0.2, 0) is 60.8 Å². The van der Waals surface area contributed by atoms with Gasteiger partial charge in [-0.15, -0.1) is 0 Å². The van der Waals surface area contributed by atoms with Gasteiger partial charge in [0, 0.05) is 29.9 Å². The lowest BCUT2D eigenvalue weighted by Crippen LogP contribution is -2.62. The van der Waals surface area contributed by atoms with Crippen LogP contribution in [0.3, 0.4) is 0 Å². The number of carboxylic acid groups (broad SMARTS) is 1. The van der Waals surface area contributed by atoms with Crippen molar-refractivity contribution in [2.75, 3.05) is 0 Å².